The van der Waals surface area contributed by atoms with E-state index in [9.17, 15) is 0 Å². The summed E-state index contributed by atoms with van der Waals surface area (Å²) in [6.45, 7) is 0. The van der Waals surface area contributed by atoms with Crippen LogP contribution < -0.4 is 0 Å². The molecule has 10 heavy (non-hydrogen) atoms. The van der Waals surface area contributed by atoms with Crippen molar-refractivity contribution in [1.29, 1.82) is 0 Å². The Morgan fingerprint density at radius 3 is 2.80 bits per heavy atom. The molecule has 0 saturated carbocycles. The zero-order valence-corrected chi connectivity index (χ0v) is 6.90. The summed E-state index contributed by atoms with van der Waals surface area (Å²) in [6, 6.07) is 0. The number of aromatic nitrogens is 1. The highest BCUT2D eigenvalue weighted by atomic mass is 32.2. The molecule has 0 aromatic carbocycles. The lowest BCUT2D eigenvalue weighted by Gasteiger charge is -2.02. The number of hydrogen-bond donors (Lipinski definition) is 1. The summed E-state index contributed by atoms with van der Waals surface area (Å²) in [6.07, 6.45) is 6.98. The molecule has 0 unspecified atom stereocenters. The molecule has 1 aromatic heterocycles. The predicted molar refractivity (Wildman–Crippen MR) is 46.5 cm³/mol. The van der Waals surface area contributed by atoms with Gasteiger partial charge in [0.2, 0.25) is 0 Å². The minimum atomic E-state index is -0.188. The average molecular weight is 168 g/mol. The molecule has 1 aliphatic rings. The van der Waals surface area contributed by atoms with E-state index in [2.05, 4.69) is 34.1 Å². The van der Waals surface area contributed by atoms with Crippen LogP contribution in [0.3, 0.4) is 0 Å². The first-order chi connectivity index (χ1) is 4.97. The van der Waals surface area contributed by atoms with Gasteiger partial charge >= 0.3 is 0 Å². The quantitative estimate of drug-likeness (QED) is 0.635. The lowest BCUT2D eigenvalue weighted by molar-refractivity contribution is 1.24. The van der Waals surface area contributed by atoms with Crippen molar-refractivity contribution in [2.45, 2.75) is 4.34 Å². The van der Waals surface area contributed by atoms with Crippen molar-refractivity contribution in [2.75, 3.05) is 0 Å². The van der Waals surface area contributed by atoms with Crippen LogP contribution in [-0.2, 0) is 0 Å². The minimum absolute atomic E-state index is 0.188. The predicted octanol–water partition coefficient (Wildman–Crippen LogP) is 2.34. The van der Waals surface area contributed by atoms with Crippen LogP contribution in [0, 0.1) is 6.20 Å². The Bertz CT molecular complexity index is 249. The average Bonchev–Trinajstić information content (AvgIpc) is 2.59. The van der Waals surface area contributed by atoms with E-state index in [0.29, 0.717) is 0 Å². The van der Waals surface area contributed by atoms with Crippen molar-refractivity contribution in [3.05, 3.63) is 34.5 Å². The highest BCUT2D eigenvalue weighted by molar-refractivity contribution is 8.23. The number of nitrogens with zero attached hydrogens (tertiary/aromatic N) is 1. The van der Waals surface area contributed by atoms with Crippen LogP contribution in [-0.4, -0.2) is 4.98 Å². The molecule has 2 heterocycles. The number of rotatable bonds is 1. The summed E-state index contributed by atoms with van der Waals surface area (Å²) < 4.78 is 1.19. The molecular weight excluding hydrogens is 162 g/mol. The molecule has 51 valence electrons. The molecule has 2 rings (SSSR count). The van der Waals surface area contributed by atoms with Gasteiger partial charge in [-0.05, 0) is 10.8 Å². The van der Waals surface area contributed by atoms with Crippen molar-refractivity contribution in [3.63, 3.8) is 0 Å². The highest BCUT2D eigenvalue weighted by Gasteiger charge is 2.03. The zero-order valence-electron chi connectivity index (χ0n) is 5.19. The molecule has 1 nitrogen and oxygen atoms in total. The number of allylic oxidation sites excluding steroid dienone is 2. The molecule has 0 spiro atoms. The Hall–Kier alpha value is -0.540. The smallest absolute Gasteiger partial charge is 0.137 e. The molecule has 0 aliphatic carbocycles. The molecule has 3 heteroatoms. The fourth-order valence-electron chi connectivity index (χ4n) is 0.768. The fourth-order valence-corrected chi connectivity index (χ4v) is 3.19. The number of thiazole rings is 1. The Labute approximate surface area is 66.5 Å². The van der Waals surface area contributed by atoms with Crippen molar-refractivity contribution in [1.82, 2.24) is 4.98 Å². The van der Waals surface area contributed by atoms with Crippen molar-refractivity contribution < 1.29 is 0 Å². The molecule has 1 radical (unpaired) electrons. The first kappa shape index (κ1) is 6.19. The van der Waals surface area contributed by atoms with Gasteiger partial charge in [-0.25, -0.2) is 4.98 Å². The third-order valence-electron chi connectivity index (χ3n) is 1.20. The van der Waals surface area contributed by atoms with Gasteiger partial charge in [0.1, 0.15) is 10.5 Å². The largest absolute Gasteiger partial charge is 0.229 e. The standard InChI is InChI=1S/C7H6NS2/c1-2-6-10(5-1)7-8-3-4-9-7/h1-2,4-6,10H. The second-order valence-electron chi connectivity index (χ2n) is 1.85. The minimum Gasteiger partial charge on any atom is -0.229 e. The van der Waals surface area contributed by atoms with Crippen molar-refractivity contribution in [3.8, 4) is 0 Å². The van der Waals surface area contributed by atoms with Crippen molar-refractivity contribution in [2.24, 2.45) is 0 Å². The molecule has 1 aromatic rings. The summed E-state index contributed by atoms with van der Waals surface area (Å²) in [5.41, 5.74) is 0. The van der Waals surface area contributed by atoms with E-state index in [0.717, 1.165) is 0 Å². The molecule has 0 fully saturated rings. The maximum absolute atomic E-state index is 4.12. The molecular formula is C7H6NS2. The third-order valence-corrected chi connectivity index (χ3v) is 4.21. The second-order valence-corrected chi connectivity index (χ2v) is 4.84. The molecule has 1 aliphatic heterocycles. The van der Waals surface area contributed by atoms with Gasteiger partial charge in [-0.1, -0.05) is 12.2 Å². The van der Waals surface area contributed by atoms with Crippen LogP contribution >= 0.6 is 22.2 Å². The fraction of sp³-hybridized carbons (Fsp3) is 0. The van der Waals surface area contributed by atoms with Gasteiger partial charge in [0, 0.05) is 5.38 Å². The summed E-state index contributed by atoms with van der Waals surface area (Å²) in [5.74, 6) is 0. The molecule has 0 bridgehead atoms. The third kappa shape index (κ3) is 1.02. The van der Waals surface area contributed by atoms with Crippen LogP contribution in [0.2, 0.25) is 0 Å². The summed E-state index contributed by atoms with van der Waals surface area (Å²) in [5, 5.41) is 6.29. The molecule has 0 N–H and O–H groups in total. The monoisotopic (exact) mass is 168 g/mol. The summed E-state index contributed by atoms with van der Waals surface area (Å²) in [7, 11) is -0.188. The lowest BCUT2D eigenvalue weighted by atomic mass is 10.6. The first-order valence-corrected chi connectivity index (χ1v) is 5.28. The van der Waals surface area contributed by atoms with Gasteiger partial charge in [-0.3, -0.25) is 0 Å². The maximum atomic E-state index is 4.12. The Morgan fingerprint density at radius 2 is 2.20 bits per heavy atom. The van der Waals surface area contributed by atoms with Crippen LogP contribution in [0.4, 0.5) is 0 Å². The second kappa shape index (κ2) is 2.60. The van der Waals surface area contributed by atoms with E-state index in [-0.39, 0.29) is 10.9 Å². The van der Waals surface area contributed by atoms with Crippen LogP contribution in [0.1, 0.15) is 0 Å². The van der Waals surface area contributed by atoms with Gasteiger partial charge in [-0.15, -0.1) is 11.3 Å². The van der Waals surface area contributed by atoms with Gasteiger partial charge in [-0.2, -0.15) is 10.9 Å². The van der Waals surface area contributed by atoms with Gasteiger partial charge in [0.25, 0.3) is 0 Å². The summed E-state index contributed by atoms with van der Waals surface area (Å²) in [4.78, 5) is 4.12. The van der Waals surface area contributed by atoms with E-state index in [4.69, 9.17) is 0 Å². The van der Waals surface area contributed by atoms with E-state index in [1.807, 2.05) is 5.38 Å². The molecule has 0 amide bonds. The van der Waals surface area contributed by atoms with Gasteiger partial charge < -0.3 is 0 Å². The number of thiol groups is 1. The lowest BCUT2D eigenvalue weighted by Crippen LogP contribution is -1.68. The number of hydrogen-bond acceptors (Lipinski definition) is 2. The van der Waals surface area contributed by atoms with E-state index in [1.54, 1.807) is 11.3 Å². The van der Waals surface area contributed by atoms with Gasteiger partial charge in [0.05, 0.1) is 0 Å². The Balaban J connectivity index is 2.29. The van der Waals surface area contributed by atoms with Crippen LogP contribution in [0.5, 0.6) is 0 Å². The van der Waals surface area contributed by atoms with E-state index >= 15 is 0 Å². The van der Waals surface area contributed by atoms with Crippen LogP contribution in [0.25, 0.3) is 0 Å². The van der Waals surface area contributed by atoms with Crippen LogP contribution in [0.15, 0.2) is 32.7 Å². The normalized spacial score (nSPS) is 18.6. The van der Waals surface area contributed by atoms with Crippen molar-refractivity contribution >= 4 is 22.2 Å². The summed E-state index contributed by atoms with van der Waals surface area (Å²) >= 11 is 1.68. The highest BCUT2D eigenvalue weighted by Crippen LogP contribution is 2.42. The van der Waals surface area contributed by atoms with E-state index in [1.165, 1.54) is 4.34 Å². The maximum Gasteiger partial charge on any atom is 0.137 e. The first-order valence-electron chi connectivity index (χ1n) is 2.92. The topological polar surface area (TPSA) is 12.9 Å². The van der Waals surface area contributed by atoms with E-state index < -0.39 is 0 Å². The Kier molecular flexibility index (Phi) is 1.61. The molecule has 0 saturated heterocycles. The zero-order chi connectivity index (χ0) is 6.81. The Morgan fingerprint density at radius 1 is 1.40 bits per heavy atom. The SMILES string of the molecule is [c]1csc([SH]2C=CC=C2)n1. The molecule has 0 atom stereocenters. The van der Waals surface area contributed by atoms with Gasteiger partial charge in [0.15, 0.2) is 0 Å².